The van der Waals surface area contributed by atoms with Crippen LogP contribution in [0.3, 0.4) is 0 Å². The molecule has 1 N–H and O–H groups in total. The van der Waals surface area contributed by atoms with Gasteiger partial charge in [0.2, 0.25) is 0 Å². The van der Waals surface area contributed by atoms with Gasteiger partial charge in [-0.3, -0.25) is 4.79 Å². The lowest BCUT2D eigenvalue weighted by Gasteiger charge is -2.08. The molecule has 0 unspecified atom stereocenters. The van der Waals surface area contributed by atoms with Gasteiger partial charge in [0.1, 0.15) is 23.5 Å². The molecule has 25 heavy (non-hydrogen) atoms. The van der Waals surface area contributed by atoms with E-state index in [9.17, 15) is 10.1 Å². The van der Waals surface area contributed by atoms with Crippen LogP contribution in [0.1, 0.15) is 5.56 Å². The summed E-state index contributed by atoms with van der Waals surface area (Å²) >= 11 is 11.8. The maximum atomic E-state index is 12.3. The van der Waals surface area contributed by atoms with Crippen LogP contribution in [0.4, 0.5) is 5.69 Å². The van der Waals surface area contributed by atoms with Crippen LogP contribution in [0.15, 0.2) is 48.0 Å². The first-order valence-electron chi connectivity index (χ1n) is 7.02. The quantitative estimate of drug-likeness (QED) is 0.621. The number of anilines is 1. The summed E-state index contributed by atoms with van der Waals surface area (Å²) in [4.78, 5) is 12.3. The number of hydrogen-bond acceptors (Lipinski definition) is 4. The minimum atomic E-state index is -0.623. The number of halogens is 2. The first-order valence-corrected chi connectivity index (χ1v) is 7.77. The summed E-state index contributed by atoms with van der Waals surface area (Å²) in [5.74, 6) is -0.226. The Morgan fingerprint density at radius 1 is 1.20 bits per heavy atom. The maximum absolute atomic E-state index is 12.3. The lowest BCUT2D eigenvalue weighted by atomic mass is 10.1. The fourth-order valence-electron chi connectivity index (χ4n) is 1.93. The zero-order chi connectivity index (χ0) is 18.2. The maximum Gasteiger partial charge on any atom is 0.266 e. The molecule has 0 heterocycles. The Kier molecular flexibility index (Phi) is 6.42. The number of benzene rings is 2. The van der Waals surface area contributed by atoms with Crippen molar-refractivity contribution in [1.82, 2.24) is 0 Å². The van der Waals surface area contributed by atoms with Crippen LogP contribution in [0.5, 0.6) is 5.75 Å². The van der Waals surface area contributed by atoms with Crippen LogP contribution in [-0.4, -0.2) is 12.5 Å². The van der Waals surface area contributed by atoms with Gasteiger partial charge in [-0.1, -0.05) is 41.4 Å². The Hall–Kier alpha value is -2.99. The van der Waals surface area contributed by atoms with Gasteiger partial charge in [-0.25, -0.2) is 0 Å². The third kappa shape index (κ3) is 4.99. The molecule has 2 aromatic carbocycles. The number of rotatable bonds is 5. The summed E-state index contributed by atoms with van der Waals surface area (Å²) in [5.41, 5.74) is 0.705. The fourth-order valence-corrected chi connectivity index (χ4v) is 2.38. The van der Waals surface area contributed by atoms with E-state index in [2.05, 4.69) is 5.32 Å². The highest BCUT2D eigenvalue weighted by atomic mass is 35.5. The van der Waals surface area contributed by atoms with Crippen molar-refractivity contribution < 1.29 is 9.53 Å². The fraction of sp³-hybridized carbons (Fsp3) is 0.0556. The highest BCUT2D eigenvalue weighted by Gasteiger charge is 2.13. The summed E-state index contributed by atoms with van der Waals surface area (Å²) < 4.78 is 5.28. The summed E-state index contributed by atoms with van der Waals surface area (Å²) in [7, 11) is 0. The molecule has 0 aliphatic heterocycles. The third-order valence-corrected chi connectivity index (χ3v) is 3.60. The Balaban J connectivity index is 2.27. The number of para-hydroxylation sites is 1. The van der Waals surface area contributed by atoms with Gasteiger partial charge in [0.15, 0.2) is 6.61 Å². The van der Waals surface area contributed by atoms with E-state index in [0.717, 1.165) is 0 Å². The van der Waals surface area contributed by atoms with E-state index in [0.29, 0.717) is 22.0 Å². The van der Waals surface area contributed by atoms with E-state index >= 15 is 0 Å². The second-order valence-corrected chi connectivity index (χ2v) is 5.58. The van der Waals surface area contributed by atoms with Crippen LogP contribution in [0.2, 0.25) is 10.0 Å². The van der Waals surface area contributed by atoms with Crippen molar-refractivity contribution >= 4 is 40.9 Å². The number of nitrogens with zero attached hydrogens (tertiary/aromatic N) is 2. The second kappa shape index (κ2) is 8.75. The van der Waals surface area contributed by atoms with Gasteiger partial charge in [0.25, 0.3) is 5.91 Å². The Labute approximate surface area is 154 Å². The van der Waals surface area contributed by atoms with Crippen LogP contribution in [-0.2, 0) is 4.79 Å². The highest BCUT2D eigenvalue weighted by molar-refractivity contribution is 6.36. The Morgan fingerprint density at radius 2 is 1.96 bits per heavy atom. The smallest absolute Gasteiger partial charge is 0.266 e. The Bertz CT molecular complexity index is 911. The lowest BCUT2D eigenvalue weighted by molar-refractivity contribution is -0.112. The molecule has 0 bridgehead atoms. The van der Waals surface area contributed by atoms with Crippen LogP contribution in [0.25, 0.3) is 6.08 Å². The number of carbonyl (C=O) groups excluding carboxylic acids is 1. The summed E-state index contributed by atoms with van der Waals surface area (Å²) in [6.45, 7) is -0.140. The van der Waals surface area contributed by atoms with Gasteiger partial charge in [-0.15, -0.1) is 0 Å². The van der Waals surface area contributed by atoms with E-state index < -0.39 is 5.91 Å². The van der Waals surface area contributed by atoms with Crippen molar-refractivity contribution in [3.63, 3.8) is 0 Å². The molecule has 124 valence electrons. The molecule has 5 nitrogen and oxygen atoms in total. The molecule has 0 saturated carbocycles. The third-order valence-electron chi connectivity index (χ3n) is 3.06. The zero-order valence-corrected chi connectivity index (χ0v) is 14.3. The number of hydrogen-bond donors (Lipinski definition) is 1. The molecule has 0 aromatic heterocycles. The summed E-state index contributed by atoms with van der Waals surface area (Å²) in [6, 6.07) is 15.1. The first kappa shape index (κ1) is 18.4. The van der Waals surface area contributed by atoms with Gasteiger partial charge in [0.05, 0.1) is 10.7 Å². The number of nitrogens with one attached hydrogen (secondary N) is 1. The zero-order valence-electron chi connectivity index (χ0n) is 12.8. The molecule has 0 spiro atoms. The molecule has 0 aliphatic carbocycles. The normalized spacial score (nSPS) is 10.5. The van der Waals surface area contributed by atoms with E-state index in [4.69, 9.17) is 33.2 Å². The molecule has 0 fully saturated rings. The van der Waals surface area contributed by atoms with Crippen LogP contribution < -0.4 is 10.1 Å². The molecule has 7 heteroatoms. The van der Waals surface area contributed by atoms with E-state index in [1.807, 2.05) is 12.1 Å². The molecule has 1 amide bonds. The topological polar surface area (TPSA) is 85.9 Å². The summed E-state index contributed by atoms with van der Waals surface area (Å²) in [6.07, 6.45) is 1.38. The SMILES string of the molecule is N#CCOc1ccccc1/C=C(\C#N)C(=O)Nc1ccc(Cl)cc1Cl. The second-order valence-electron chi connectivity index (χ2n) is 4.73. The Morgan fingerprint density at radius 3 is 2.64 bits per heavy atom. The predicted molar refractivity (Wildman–Crippen MR) is 96.2 cm³/mol. The average Bonchev–Trinajstić information content (AvgIpc) is 2.61. The number of ether oxygens (including phenoxy) is 1. The van der Waals surface area contributed by atoms with Gasteiger partial charge in [0, 0.05) is 10.6 Å². The van der Waals surface area contributed by atoms with Crippen LogP contribution in [0, 0.1) is 22.7 Å². The van der Waals surface area contributed by atoms with Gasteiger partial charge in [-0.05, 0) is 30.3 Å². The van der Waals surface area contributed by atoms with Crippen molar-refractivity contribution in [2.24, 2.45) is 0 Å². The van der Waals surface area contributed by atoms with E-state index in [1.54, 1.807) is 36.4 Å². The standard InChI is InChI=1S/C18H11Cl2N3O2/c19-14-5-6-16(15(20)10-14)23-18(24)13(11-22)9-12-3-1-2-4-17(12)25-8-7-21/h1-6,9-10H,8H2,(H,23,24)/b13-9+. The monoisotopic (exact) mass is 371 g/mol. The number of carbonyl (C=O) groups is 1. The number of nitriles is 2. The molecule has 0 radical (unpaired) electrons. The molecule has 2 aromatic rings. The van der Waals surface area contributed by atoms with Gasteiger partial charge < -0.3 is 10.1 Å². The molecule has 0 saturated heterocycles. The molecule has 0 atom stereocenters. The molecule has 0 aliphatic rings. The van der Waals surface area contributed by atoms with E-state index in [1.165, 1.54) is 12.1 Å². The minimum Gasteiger partial charge on any atom is -0.478 e. The van der Waals surface area contributed by atoms with E-state index in [-0.39, 0.29) is 17.2 Å². The van der Waals surface area contributed by atoms with Crippen molar-refractivity contribution in [3.8, 4) is 17.9 Å². The highest BCUT2D eigenvalue weighted by Crippen LogP contribution is 2.26. The van der Waals surface area contributed by atoms with Crippen molar-refractivity contribution in [3.05, 3.63) is 63.6 Å². The van der Waals surface area contributed by atoms with Gasteiger partial charge in [-0.2, -0.15) is 10.5 Å². The van der Waals surface area contributed by atoms with Crippen molar-refractivity contribution in [1.29, 1.82) is 10.5 Å². The van der Waals surface area contributed by atoms with Crippen molar-refractivity contribution in [2.75, 3.05) is 11.9 Å². The minimum absolute atomic E-state index is 0.140. The molecular weight excluding hydrogens is 361 g/mol. The predicted octanol–water partition coefficient (Wildman–Crippen LogP) is 4.44. The molecule has 2 rings (SSSR count). The van der Waals surface area contributed by atoms with Crippen LogP contribution >= 0.6 is 23.2 Å². The molecular formula is C18H11Cl2N3O2. The summed E-state index contributed by atoms with van der Waals surface area (Å²) in [5, 5.41) is 21.2. The average molecular weight is 372 g/mol. The largest absolute Gasteiger partial charge is 0.478 e. The van der Waals surface area contributed by atoms with Gasteiger partial charge >= 0.3 is 0 Å². The van der Waals surface area contributed by atoms with Crippen molar-refractivity contribution in [2.45, 2.75) is 0 Å². The first-order chi connectivity index (χ1) is 12.0. The number of amides is 1. The lowest BCUT2D eigenvalue weighted by Crippen LogP contribution is -2.13.